The van der Waals surface area contributed by atoms with Crippen molar-refractivity contribution in [3.05, 3.63) is 6.33 Å². The summed E-state index contributed by atoms with van der Waals surface area (Å²) >= 11 is 0. The van der Waals surface area contributed by atoms with Crippen LogP contribution in [0.15, 0.2) is 11.5 Å². The molecule has 0 radical (unpaired) electrons. The molecule has 1 aromatic rings. The highest BCUT2D eigenvalue weighted by atomic mass is 32.2. The second-order valence-corrected chi connectivity index (χ2v) is 7.11. The van der Waals surface area contributed by atoms with E-state index in [1.807, 2.05) is 20.8 Å². The molecule has 0 aliphatic rings. The van der Waals surface area contributed by atoms with Gasteiger partial charge in [-0.05, 0) is 19.8 Å². The number of sulfone groups is 1. The topological polar surface area (TPSA) is 94.4 Å². The summed E-state index contributed by atoms with van der Waals surface area (Å²) in [4.78, 5) is 17.8. The lowest BCUT2D eigenvalue weighted by Gasteiger charge is -2.21. The SMILES string of the molecule is CCCCS(=O)(=O)c1ncn(C(=O)N(CCC)CCOCC)n1. The van der Waals surface area contributed by atoms with Gasteiger partial charge in [-0.1, -0.05) is 20.3 Å². The molecule has 9 heteroatoms. The van der Waals surface area contributed by atoms with Crippen LogP contribution in [0.3, 0.4) is 0 Å². The Labute approximate surface area is 137 Å². The summed E-state index contributed by atoms with van der Waals surface area (Å²) in [5.74, 6) is -0.00921. The second kappa shape index (κ2) is 9.61. The van der Waals surface area contributed by atoms with E-state index < -0.39 is 15.9 Å². The van der Waals surface area contributed by atoms with Gasteiger partial charge in [0.25, 0.3) is 5.16 Å². The predicted molar refractivity (Wildman–Crippen MR) is 86.1 cm³/mol. The van der Waals surface area contributed by atoms with Crippen LogP contribution in [0.5, 0.6) is 0 Å². The Kier molecular flexibility index (Phi) is 8.18. The minimum atomic E-state index is -3.53. The Morgan fingerprint density at radius 2 is 2.00 bits per heavy atom. The number of carbonyl (C=O) groups excluding carboxylic acids is 1. The number of hydrogen-bond acceptors (Lipinski definition) is 6. The van der Waals surface area contributed by atoms with Crippen LogP contribution in [0.2, 0.25) is 0 Å². The summed E-state index contributed by atoms with van der Waals surface area (Å²) in [6.07, 6.45) is 3.25. The number of hydrogen-bond donors (Lipinski definition) is 0. The van der Waals surface area contributed by atoms with Gasteiger partial charge in [-0.25, -0.2) is 18.2 Å². The van der Waals surface area contributed by atoms with Crippen molar-refractivity contribution in [2.75, 3.05) is 32.1 Å². The normalized spacial score (nSPS) is 11.6. The van der Waals surface area contributed by atoms with Gasteiger partial charge in [-0.3, -0.25) is 0 Å². The molecular weight excluding hydrogens is 320 g/mol. The minimum Gasteiger partial charge on any atom is -0.380 e. The maximum absolute atomic E-state index is 12.4. The fourth-order valence-corrected chi connectivity index (χ4v) is 3.22. The highest BCUT2D eigenvalue weighted by Gasteiger charge is 2.22. The molecule has 23 heavy (non-hydrogen) atoms. The van der Waals surface area contributed by atoms with Gasteiger partial charge in [0, 0.05) is 19.7 Å². The lowest BCUT2D eigenvalue weighted by atomic mass is 10.4. The largest absolute Gasteiger partial charge is 0.380 e. The van der Waals surface area contributed by atoms with Crippen LogP contribution < -0.4 is 0 Å². The van der Waals surface area contributed by atoms with E-state index in [4.69, 9.17) is 4.74 Å². The van der Waals surface area contributed by atoms with Crippen molar-refractivity contribution in [2.24, 2.45) is 0 Å². The van der Waals surface area contributed by atoms with Gasteiger partial charge in [0.15, 0.2) is 0 Å². The molecule has 0 fully saturated rings. The minimum absolute atomic E-state index is 0.00921. The number of ether oxygens (including phenoxy) is 1. The molecule has 1 amide bonds. The third kappa shape index (κ3) is 5.91. The molecule has 0 unspecified atom stereocenters. The molecule has 0 atom stereocenters. The average Bonchev–Trinajstić information content (AvgIpc) is 3.02. The Morgan fingerprint density at radius 1 is 1.26 bits per heavy atom. The number of amides is 1. The predicted octanol–water partition coefficient (Wildman–Crippen LogP) is 1.57. The summed E-state index contributed by atoms with van der Waals surface area (Å²) in [5.41, 5.74) is 0. The first-order valence-electron chi connectivity index (χ1n) is 7.97. The first kappa shape index (κ1) is 19.6. The van der Waals surface area contributed by atoms with E-state index >= 15 is 0 Å². The van der Waals surface area contributed by atoms with E-state index in [0.29, 0.717) is 32.7 Å². The van der Waals surface area contributed by atoms with Crippen molar-refractivity contribution in [2.45, 2.75) is 45.2 Å². The molecular formula is C14H26N4O4S. The highest BCUT2D eigenvalue weighted by molar-refractivity contribution is 7.91. The summed E-state index contributed by atoms with van der Waals surface area (Å²) < 4.78 is 30.4. The molecule has 8 nitrogen and oxygen atoms in total. The molecule has 0 aromatic carbocycles. The van der Waals surface area contributed by atoms with Gasteiger partial charge in [0.2, 0.25) is 9.84 Å². The maximum Gasteiger partial charge on any atom is 0.346 e. The van der Waals surface area contributed by atoms with E-state index in [2.05, 4.69) is 10.1 Å². The van der Waals surface area contributed by atoms with Crippen LogP contribution in [0, 0.1) is 0 Å². The van der Waals surface area contributed by atoms with Crippen LogP contribution in [-0.4, -0.2) is 66.2 Å². The second-order valence-electron chi connectivity index (χ2n) is 5.11. The summed E-state index contributed by atoms with van der Waals surface area (Å²) in [6.45, 7) is 7.74. The van der Waals surface area contributed by atoms with E-state index in [9.17, 15) is 13.2 Å². The van der Waals surface area contributed by atoms with E-state index in [1.54, 1.807) is 4.90 Å². The lowest BCUT2D eigenvalue weighted by Crippen LogP contribution is -2.38. The Balaban J connectivity index is 2.82. The van der Waals surface area contributed by atoms with E-state index in [1.165, 1.54) is 0 Å². The summed E-state index contributed by atoms with van der Waals surface area (Å²) in [7, 11) is -3.53. The average molecular weight is 346 g/mol. The number of rotatable bonds is 10. The van der Waals surface area contributed by atoms with Crippen molar-refractivity contribution in [1.29, 1.82) is 0 Å². The fourth-order valence-electron chi connectivity index (χ4n) is 1.95. The third-order valence-corrected chi connectivity index (χ3v) is 4.75. The van der Waals surface area contributed by atoms with Crippen molar-refractivity contribution < 1.29 is 17.9 Å². The van der Waals surface area contributed by atoms with E-state index in [0.717, 1.165) is 23.9 Å². The molecule has 0 aliphatic carbocycles. The van der Waals surface area contributed by atoms with Gasteiger partial charge in [0.05, 0.1) is 12.4 Å². The lowest BCUT2D eigenvalue weighted by molar-refractivity contribution is 0.118. The van der Waals surface area contributed by atoms with Crippen molar-refractivity contribution in [1.82, 2.24) is 19.7 Å². The monoisotopic (exact) mass is 346 g/mol. The van der Waals surface area contributed by atoms with Crippen molar-refractivity contribution >= 4 is 15.9 Å². The molecule has 1 aromatic heterocycles. The zero-order chi connectivity index (χ0) is 17.3. The van der Waals surface area contributed by atoms with Gasteiger partial charge in [-0.15, -0.1) is 5.10 Å². The zero-order valence-corrected chi connectivity index (χ0v) is 14.9. The molecule has 132 valence electrons. The van der Waals surface area contributed by atoms with Gasteiger partial charge in [0.1, 0.15) is 6.33 Å². The Bertz CT molecular complexity index is 585. The fraction of sp³-hybridized carbons (Fsp3) is 0.786. The zero-order valence-electron chi connectivity index (χ0n) is 14.1. The van der Waals surface area contributed by atoms with Crippen LogP contribution in [-0.2, 0) is 14.6 Å². The molecule has 1 heterocycles. The van der Waals surface area contributed by atoms with Crippen molar-refractivity contribution in [3.8, 4) is 0 Å². The smallest absolute Gasteiger partial charge is 0.346 e. The molecule has 0 bridgehead atoms. The van der Waals surface area contributed by atoms with Crippen LogP contribution in [0.4, 0.5) is 4.79 Å². The molecule has 0 spiro atoms. The quantitative estimate of drug-likeness (QED) is 0.597. The Hall–Kier alpha value is -1.48. The third-order valence-electron chi connectivity index (χ3n) is 3.19. The van der Waals surface area contributed by atoms with Crippen LogP contribution in [0.25, 0.3) is 0 Å². The van der Waals surface area contributed by atoms with Crippen LogP contribution >= 0.6 is 0 Å². The number of carbonyl (C=O) groups is 1. The van der Waals surface area contributed by atoms with Crippen molar-refractivity contribution in [3.63, 3.8) is 0 Å². The number of unbranched alkanes of at least 4 members (excludes halogenated alkanes) is 1. The summed E-state index contributed by atoms with van der Waals surface area (Å²) in [6, 6.07) is -0.393. The standard InChI is InChI=1S/C14H26N4O4S/c1-4-7-11-23(20,21)13-15-12-18(16-13)14(19)17(8-5-2)9-10-22-6-3/h12H,4-11H2,1-3H3. The summed E-state index contributed by atoms with van der Waals surface area (Å²) in [5, 5.41) is 3.56. The number of aromatic nitrogens is 3. The Morgan fingerprint density at radius 3 is 2.61 bits per heavy atom. The molecule has 0 saturated carbocycles. The highest BCUT2D eigenvalue weighted by Crippen LogP contribution is 2.08. The number of nitrogens with zero attached hydrogens (tertiary/aromatic N) is 4. The molecule has 0 aliphatic heterocycles. The van der Waals surface area contributed by atoms with Crippen LogP contribution in [0.1, 0.15) is 40.0 Å². The van der Waals surface area contributed by atoms with Gasteiger partial charge < -0.3 is 9.64 Å². The first-order chi connectivity index (χ1) is 11.0. The van der Waals surface area contributed by atoms with Gasteiger partial charge >= 0.3 is 6.03 Å². The van der Waals surface area contributed by atoms with E-state index in [-0.39, 0.29) is 10.9 Å². The first-order valence-corrected chi connectivity index (χ1v) is 9.62. The molecule has 0 saturated heterocycles. The maximum atomic E-state index is 12.4. The van der Waals surface area contributed by atoms with Gasteiger partial charge in [-0.2, -0.15) is 4.68 Å². The molecule has 0 N–H and O–H groups in total. The molecule has 1 rings (SSSR count).